The van der Waals surface area contributed by atoms with Gasteiger partial charge in [0.1, 0.15) is 0 Å². The van der Waals surface area contributed by atoms with Gasteiger partial charge in [0, 0.05) is 6.54 Å². The fraction of sp³-hybridized carbons (Fsp3) is 0.938. The van der Waals surface area contributed by atoms with Gasteiger partial charge in [-0.15, -0.1) is 0 Å². The Bertz CT molecular complexity index is 242. The SMILES string of the molecule is CCCCCCCOC(=O)C1(CCC)CCCNC1. The van der Waals surface area contributed by atoms with Crippen LogP contribution in [0.5, 0.6) is 0 Å². The van der Waals surface area contributed by atoms with Gasteiger partial charge in [0.25, 0.3) is 0 Å². The molecule has 0 saturated carbocycles. The van der Waals surface area contributed by atoms with Crippen LogP contribution in [0.3, 0.4) is 0 Å². The van der Waals surface area contributed by atoms with E-state index in [1.165, 1.54) is 25.7 Å². The zero-order valence-corrected chi connectivity index (χ0v) is 12.8. The number of unbranched alkanes of at least 4 members (excludes halogenated alkanes) is 4. The molecular weight excluding hydrogens is 238 g/mol. The first-order valence-electron chi connectivity index (χ1n) is 8.13. The summed E-state index contributed by atoms with van der Waals surface area (Å²) in [5, 5.41) is 3.36. The molecular formula is C16H31NO2. The van der Waals surface area contributed by atoms with Crippen molar-refractivity contribution in [3.05, 3.63) is 0 Å². The van der Waals surface area contributed by atoms with E-state index in [2.05, 4.69) is 19.2 Å². The lowest BCUT2D eigenvalue weighted by atomic mass is 9.77. The van der Waals surface area contributed by atoms with Gasteiger partial charge in [-0.2, -0.15) is 0 Å². The van der Waals surface area contributed by atoms with E-state index < -0.39 is 0 Å². The molecule has 1 heterocycles. The summed E-state index contributed by atoms with van der Waals surface area (Å²) in [5.74, 6) is 0.0389. The average molecular weight is 269 g/mol. The number of hydrogen-bond donors (Lipinski definition) is 1. The van der Waals surface area contributed by atoms with Crippen LogP contribution < -0.4 is 5.32 Å². The molecule has 1 fully saturated rings. The summed E-state index contributed by atoms with van der Waals surface area (Å²) in [7, 11) is 0. The molecule has 0 bridgehead atoms. The molecule has 0 radical (unpaired) electrons. The molecule has 3 nitrogen and oxygen atoms in total. The Hall–Kier alpha value is -0.570. The fourth-order valence-electron chi connectivity index (χ4n) is 2.96. The number of piperidine rings is 1. The summed E-state index contributed by atoms with van der Waals surface area (Å²) in [4.78, 5) is 12.3. The summed E-state index contributed by atoms with van der Waals surface area (Å²) in [5.41, 5.74) is -0.240. The van der Waals surface area contributed by atoms with Gasteiger partial charge in [-0.3, -0.25) is 4.79 Å². The second kappa shape index (κ2) is 9.35. The Kier molecular flexibility index (Phi) is 8.11. The maximum absolute atomic E-state index is 12.3. The van der Waals surface area contributed by atoms with Crippen LogP contribution in [0.2, 0.25) is 0 Å². The van der Waals surface area contributed by atoms with Crippen molar-refractivity contribution in [2.24, 2.45) is 5.41 Å². The van der Waals surface area contributed by atoms with Gasteiger partial charge in [0.05, 0.1) is 12.0 Å². The minimum absolute atomic E-state index is 0.0389. The van der Waals surface area contributed by atoms with E-state index in [-0.39, 0.29) is 11.4 Å². The molecule has 0 aromatic carbocycles. The molecule has 112 valence electrons. The monoisotopic (exact) mass is 269 g/mol. The third-order valence-corrected chi connectivity index (χ3v) is 4.11. The highest BCUT2D eigenvalue weighted by atomic mass is 16.5. The third-order valence-electron chi connectivity index (χ3n) is 4.11. The van der Waals surface area contributed by atoms with Crippen molar-refractivity contribution in [1.82, 2.24) is 5.32 Å². The molecule has 0 aromatic rings. The van der Waals surface area contributed by atoms with Crippen LogP contribution in [0.4, 0.5) is 0 Å². The summed E-state index contributed by atoms with van der Waals surface area (Å²) < 4.78 is 5.54. The van der Waals surface area contributed by atoms with Crippen LogP contribution in [-0.4, -0.2) is 25.7 Å². The first-order chi connectivity index (χ1) is 9.25. The van der Waals surface area contributed by atoms with Crippen molar-refractivity contribution in [1.29, 1.82) is 0 Å². The van der Waals surface area contributed by atoms with Gasteiger partial charge in [-0.25, -0.2) is 0 Å². The van der Waals surface area contributed by atoms with Crippen molar-refractivity contribution in [3.8, 4) is 0 Å². The van der Waals surface area contributed by atoms with Gasteiger partial charge < -0.3 is 10.1 Å². The number of carbonyl (C=O) groups is 1. The Morgan fingerprint density at radius 2 is 1.95 bits per heavy atom. The van der Waals surface area contributed by atoms with E-state index in [1.54, 1.807) is 0 Å². The highest BCUT2D eigenvalue weighted by molar-refractivity contribution is 5.77. The van der Waals surface area contributed by atoms with Crippen molar-refractivity contribution in [2.75, 3.05) is 19.7 Å². The fourth-order valence-corrected chi connectivity index (χ4v) is 2.96. The summed E-state index contributed by atoms with van der Waals surface area (Å²) >= 11 is 0. The van der Waals surface area contributed by atoms with Crippen LogP contribution >= 0.6 is 0 Å². The van der Waals surface area contributed by atoms with E-state index in [9.17, 15) is 4.79 Å². The maximum Gasteiger partial charge on any atom is 0.313 e. The minimum Gasteiger partial charge on any atom is -0.465 e. The van der Waals surface area contributed by atoms with Crippen molar-refractivity contribution >= 4 is 5.97 Å². The molecule has 0 spiro atoms. The van der Waals surface area contributed by atoms with E-state index in [0.29, 0.717) is 6.61 Å². The molecule has 0 aromatic heterocycles. The van der Waals surface area contributed by atoms with Gasteiger partial charge in [-0.05, 0) is 32.2 Å². The lowest BCUT2D eigenvalue weighted by Crippen LogP contribution is -2.46. The first-order valence-corrected chi connectivity index (χ1v) is 8.13. The highest BCUT2D eigenvalue weighted by Gasteiger charge is 2.39. The number of nitrogens with one attached hydrogen (secondary N) is 1. The zero-order chi connectivity index (χ0) is 14.0. The third kappa shape index (κ3) is 5.52. The predicted octanol–water partition coefficient (Wildman–Crippen LogP) is 3.67. The van der Waals surface area contributed by atoms with Crippen LogP contribution in [0.15, 0.2) is 0 Å². The lowest BCUT2D eigenvalue weighted by molar-refractivity contribution is -0.157. The number of esters is 1. The van der Waals surface area contributed by atoms with E-state index in [0.717, 1.165) is 45.2 Å². The molecule has 1 N–H and O–H groups in total. The van der Waals surface area contributed by atoms with Crippen LogP contribution in [0, 0.1) is 5.41 Å². The normalized spacial score (nSPS) is 23.3. The predicted molar refractivity (Wildman–Crippen MR) is 79.2 cm³/mol. The molecule has 1 aliphatic rings. The van der Waals surface area contributed by atoms with E-state index in [1.807, 2.05) is 0 Å². The standard InChI is InChI=1S/C16H31NO2/c1-3-5-6-7-8-13-19-15(18)16(10-4-2)11-9-12-17-14-16/h17H,3-14H2,1-2H3. The zero-order valence-electron chi connectivity index (χ0n) is 12.8. The Labute approximate surface area is 118 Å². The van der Waals surface area contributed by atoms with Crippen LogP contribution in [0.25, 0.3) is 0 Å². The molecule has 19 heavy (non-hydrogen) atoms. The van der Waals surface area contributed by atoms with E-state index >= 15 is 0 Å². The lowest BCUT2D eigenvalue weighted by Gasteiger charge is -2.35. The quantitative estimate of drug-likeness (QED) is 0.512. The topological polar surface area (TPSA) is 38.3 Å². The van der Waals surface area contributed by atoms with Gasteiger partial charge >= 0.3 is 5.97 Å². The number of carbonyl (C=O) groups excluding carboxylic acids is 1. The second-order valence-electron chi connectivity index (χ2n) is 5.86. The molecule has 1 saturated heterocycles. The van der Waals surface area contributed by atoms with Crippen molar-refractivity contribution in [2.45, 2.75) is 71.6 Å². The molecule has 1 aliphatic heterocycles. The minimum atomic E-state index is -0.240. The van der Waals surface area contributed by atoms with Gasteiger partial charge in [0.2, 0.25) is 0 Å². The smallest absolute Gasteiger partial charge is 0.313 e. The van der Waals surface area contributed by atoms with Gasteiger partial charge in [-0.1, -0.05) is 46.0 Å². The Morgan fingerprint density at radius 3 is 2.58 bits per heavy atom. The largest absolute Gasteiger partial charge is 0.465 e. The van der Waals surface area contributed by atoms with Gasteiger partial charge in [0.15, 0.2) is 0 Å². The first kappa shape index (κ1) is 16.5. The Balaban J connectivity index is 2.28. The molecule has 3 heteroatoms. The second-order valence-corrected chi connectivity index (χ2v) is 5.86. The number of rotatable bonds is 9. The van der Waals surface area contributed by atoms with Crippen molar-refractivity contribution < 1.29 is 9.53 Å². The average Bonchev–Trinajstić information content (AvgIpc) is 2.44. The van der Waals surface area contributed by atoms with Crippen LogP contribution in [0.1, 0.15) is 71.6 Å². The molecule has 1 atom stereocenters. The number of ether oxygens (including phenoxy) is 1. The van der Waals surface area contributed by atoms with Crippen molar-refractivity contribution in [3.63, 3.8) is 0 Å². The molecule has 0 amide bonds. The maximum atomic E-state index is 12.3. The van der Waals surface area contributed by atoms with Crippen LogP contribution in [-0.2, 0) is 9.53 Å². The summed E-state index contributed by atoms with van der Waals surface area (Å²) in [6, 6.07) is 0. The summed E-state index contributed by atoms with van der Waals surface area (Å²) in [6.07, 6.45) is 10.1. The Morgan fingerprint density at radius 1 is 1.16 bits per heavy atom. The number of hydrogen-bond acceptors (Lipinski definition) is 3. The molecule has 1 rings (SSSR count). The molecule has 0 aliphatic carbocycles. The van der Waals surface area contributed by atoms with E-state index in [4.69, 9.17) is 4.74 Å². The molecule has 1 unspecified atom stereocenters. The highest BCUT2D eigenvalue weighted by Crippen LogP contribution is 2.33. The summed E-state index contributed by atoms with van der Waals surface area (Å²) in [6.45, 7) is 6.80.